The Morgan fingerprint density at radius 2 is 2.19 bits per heavy atom. The number of aromatic nitrogens is 1. The number of thiazole rings is 1. The Morgan fingerprint density at radius 3 is 2.71 bits per heavy atom. The van der Waals surface area contributed by atoms with E-state index in [1.54, 1.807) is 23.1 Å². The summed E-state index contributed by atoms with van der Waals surface area (Å²) in [5.41, 5.74) is 1.03. The molecule has 2 N–H and O–H groups in total. The van der Waals surface area contributed by atoms with Crippen LogP contribution in [0.1, 0.15) is 37.4 Å². The maximum atomic E-state index is 11.8. The molecule has 7 heteroatoms. The minimum Gasteiger partial charge on any atom is -0.480 e. The lowest BCUT2D eigenvalue weighted by atomic mass is 10.0. The molecule has 0 spiro atoms. The molecule has 1 unspecified atom stereocenters. The second-order valence-electron chi connectivity index (χ2n) is 5.25. The molecular formula is C14H22N2O3S2. The lowest BCUT2D eigenvalue weighted by molar-refractivity contribution is -0.142. The van der Waals surface area contributed by atoms with Crippen molar-refractivity contribution in [3.8, 4) is 0 Å². The third kappa shape index (κ3) is 7.47. The van der Waals surface area contributed by atoms with Crippen LogP contribution in [0.4, 0.5) is 0 Å². The third-order valence-electron chi connectivity index (χ3n) is 2.73. The van der Waals surface area contributed by atoms with Crippen molar-refractivity contribution in [2.24, 2.45) is 5.92 Å². The highest BCUT2D eigenvalue weighted by atomic mass is 32.2. The third-order valence-corrected chi connectivity index (χ3v) is 4.55. The lowest BCUT2D eigenvalue weighted by Gasteiger charge is -2.16. The fourth-order valence-corrected chi connectivity index (χ4v) is 3.32. The van der Waals surface area contributed by atoms with Gasteiger partial charge >= 0.3 is 5.97 Å². The quantitative estimate of drug-likeness (QED) is 0.681. The van der Waals surface area contributed by atoms with Crippen molar-refractivity contribution in [3.05, 3.63) is 16.1 Å². The number of hydrogen-bond acceptors (Lipinski definition) is 5. The van der Waals surface area contributed by atoms with E-state index >= 15 is 0 Å². The van der Waals surface area contributed by atoms with Crippen LogP contribution in [0.2, 0.25) is 0 Å². The summed E-state index contributed by atoms with van der Waals surface area (Å²) >= 11 is 3.25. The van der Waals surface area contributed by atoms with Crippen molar-refractivity contribution in [3.63, 3.8) is 0 Å². The van der Waals surface area contributed by atoms with Crippen molar-refractivity contribution >= 4 is 35.0 Å². The Kier molecular flexibility index (Phi) is 7.74. The first-order chi connectivity index (χ1) is 9.88. The highest BCUT2D eigenvalue weighted by Crippen LogP contribution is 2.15. The molecule has 0 radical (unpaired) electrons. The van der Waals surface area contributed by atoms with Crippen molar-refractivity contribution in [1.82, 2.24) is 10.3 Å². The Morgan fingerprint density at radius 1 is 1.48 bits per heavy atom. The molecule has 1 aromatic rings. The zero-order valence-corrected chi connectivity index (χ0v) is 14.2. The molecule has 0 fully saturated rings. The van der Waals surface area contributed by atoms with E-state index in [1.165, 1.54) is 0 Å². The molecule has 1 rings (SSSR count). The maximum absolute atomic E-state index is 11.8. The van der Waals surface area contributed by atoms with Crippen LogP contribution in [-0.2, 0) is 15.3 Å². The molecular weight excluding hydrogens is 308 g/mol. The first-order valence-electron chi connectivity index (χ1n) is 6.89. The Labute approximate surface area is 133 Å². The van der Waals surface area contributed by atoms with Gasteiger partial charge < -0.3 is 10.4 Å². The smallest absolute Gasteiger partial charge is 0.326 e. The van der Waals surface area contributed by atoms with E-state index in [0.29, 0.717) is 18.6 Å². The SMILES string of the molecule is Cc1nc(CSCCC(=O)NC(CC(C)C)C(=O)O)cs1. The minimum absolute atomic E-state index is 0.204. The molecule has 0 aliphatic heterocycles. The van der Waals surface area contributed by atoms with Crippen LogP contribution in [0.3, 0.4) is 0 Å². The first kappa shape index (κ1) is 18.0. The van der Waals surface area contributed by atoms with Gasteiger partial charge in [0.2, 0.25) is 5.91 Å². The summed E-state index contributed by atoms with van der Waals surface area (Å²) in [6.07, 6.45) is 0.780. The molecule has 1 aromatic heterocycles. The number of rotatable bonds is 9. The van der Waals surface area contributed by atoms with Gasteiger partial charge in [-0.1, -0.05) is 13.8 Å². The van der Waals surface area contributed by atoms with Crippen molar-refractivity contribution in [2.75, 3.05) is 5.75 Å². The Hall–Kier alpha value is -1.08. The molecule has 0 aliphatic rings. The van der Waals surface area contributed by atoms with Crippen LogP contribution in [0.5, 0.6) is 0 Å². The topological polar surface area (TPSA) is 79.3 Å². The van der Waals surface area contributed by atoms with Gasteiger partial charge in [-0.3, -0.25) is 4.79 Å². The zero-order chi connectivity index (χ0) is 15.8. The van der Waals surface area contributed by atoms with Crippen LogP contribution in [0.15, 0.2) is 5.38 Å². The van der Waals surface area contributed by atoms with E-state index in [-0.39, 0.29) is 11.8 Å². The number of amides is 1. The number of aliphatic carboxylic acids is 1. The highest BCUT2D eigenvalue weighted by molar-refractivity contribution is 7.98. The van der Waals surface area contributed by atoms with Gasteiger partial charge in [0.25, 0.3) is 0 Å². The van der Waals surface area contributed by atoms with Crippen molar-refractivity contribution < 1.29 is 14.7 Å². The molecule has 0 saturated carbocycles. The van der Waals surface area contributed by atoms with E-state index in [0.717, 1.165) is 16.5 Å². The van der Waals surface area contributed by atoms with Gasteiger partial charge in [-0.2, -0.15) is 11.8 Å². The zero-order valence-electron chi connectivity index (χ0n) is 12.6. The Bertz CT molecular complexity index is 475. The number of carbonyl (C=O) groups excluding carboxylic acids is 1. The average Bonchev–Trinajstić information content (AvgIpc) is 2.79. The fraction of sp³-hybridized carbons (Fsp3) is 0.643. The summed E-state index contributed by atoms with van der Waals surface area (Å²) in [7, 11) is 0. The van der Waals surface area contributed by atoms with Gasteiger partial charge in [-0.15, -0.1) is 11.3 Å². The standard InChI is InChI=1S/C14H22N2O3S2/c1-9(2)6-12(14(18)19)16-13(17)4-5-20-7-11-8-21-10(3)15-11/h8-9,12H,4-7H2,1-3H3,(H,16,17)(H,18,19). The van der Waals surface area contributed by atoms with Gasteiger partial charge in [-0.05, 0) is 19.3 Å². The summed E-state index contributed by atoms with van der Waals surface area (Å²) in [6.45, 7) is 5.84. The monoisotopic (exact) mass is 330 g/mol. The van der Waals surface area contributed by atoms with E-state index in [4.69, 9.17) is 5.11 Å². The van der Waals surface area contributed by atoms with Gasteiger partial charge in [0.05, 0.1) is 10.7 Å². The maximum Gasteiger partial charge on any atom is 0.326 e. The lowest BCUT2D eigenvalue weighted by Crippen LogP contribution is -2.41. The molecule has 21 heavy (non-hydrogen) atoms. The number of nitrogens with one attached hydrogen (secondary N) is 1. The predicted octanol–water partition coefficient (Wildman–Crippen LogP) is 2.69. The predicted molar refractivity (Wildman–Crippen MR) is 86.7 cm³/mol. The van der Waals surface area contributed by atoms with Gasteiger partial charge in [0.15, 0.2) is 0 Å². The number of carboxylic acid groups (broad SMARTS) is 1. The van der Waals surface area contributed by atoms with E-state index in [9.17, 15) is 9.59 Å². The second kappa shape index (κ2) is 9.04. The fourth-order valence-electron chi connectivity index (χ4n) is 1.78. The van der Waals surface area contributed by atoms with Crippen LogP contribution < -0.4 is 5.32 Å². The van der Waals surface area contributed by atoms with E-state index in [2.05, 4.69) is 10.3 Å². The second-order valence-corrected chi connectivity index (χ2v) is 7.42. The molecule has 0 aromatic carbocycles. The van der Waals surface area contributed by atoms with Gasteiger partial charge in [0, 0.05) is 23.3 Å². The highest BCUT2D eigenvalue weighted by Gasteiger charge is 2.20. The summed E-state index contributed by atoms with van der Waals surface area (Å²) in [5, 5.41) is 14.7. The molecule has 1 amide bonds. The van der Waals surface area contributed by atoms with Crippen molar-refractivity contribution in [2.45, 2.75) is 45.4 Å². The summed E-state index contributed by atoms with van der Waals surface area (Å²) in [5.74, 6) is 0.504. The molecule has 118 valence electrons. The molecule has 5 nitrogen and oxygen atoms in total. The number of thioether (sulfide) groups is 1. The van der Waals surface area contributed by atoms with Crippen LogP contribution in [-0.4, -0.2) is 33.8 Å². The summed E-state index contributed by atoms with van der Waals surface area (Å²) in [4.78, 5) is 27.2. The van der Waals surface area contributed by atoms with Crippen molar-refractivity contribution in [1.29, 1.82) is 0 Å². The van der Waals surface area contributed by atoms with Gasteiger partial charge in [-0.25, -0.2) is 9.78 Å². The number of hydrogen-bond donors (Lipinski definition) is 2. The van der Waals surface area contributed by atoms with Crippen LogP contribution in [0.25, 0.3) is 0 Å². The molecule has 1 heterocycles. The summed E-state index contributed by atoms with van der Waals surface area (Å²) < 4.78 is 0. The number of aryl methyl sites for hydroxylation is 1. The number of carbonyl (C=O) groups is 2. The molecule has 0 saturated heterocycles. The minimum atomic E-state index is -0.970. The Balaban J connectivity index is 2.24. The van der Waals surface area contributed by atoms with Crippen LogP contribution in [0, 0.1) is 12.8 Å². The van der Waals surface area contributed by atoms with Crippen LogP contribution >= 0.6 is 23.1 Å². The normalized spacial score (nSPS) is 12.4. The summed E-state index contributed by atoms with van der Waals surface area (Å²) in [6, 6.07) is -0.788. The van der Waals surface area contributed by atoms with E-state index < -0.39 is 12.0 Å². The molecule has 0 aliphatic carbocycles. The first-order valence-corrected chi connectivity index (χ1v) is 8.92. The molecule has 0 bridgehead atoms. The average molecular weight is 330 g/mol. The number of carboxylic acids is 1. The molecule has 1 atom stereocenters. The van der Waals surface area contributed by atoms with Gasteiger partial charge in [0.1, 0.15) is 6.04 Å². The van der Waals surface area contributed by atoms with E-state index in [1.807, 2.05) is 26.2 Å². The number of nitrogens with zero attached hydrogens (tertiary/aromatic N) is 1. The largest absolute Gasteiger partial charge is 0.480 e.